The van der Waals surface area contributed by atoms with Crippen molar-refractivity contribution in [3.63, 3.8) is 0 Å². The summed E-state index contributed by atoms with van der Waals surface area (Å²) in [7, 11) is 0. The van der Waals surface area contributed by atoms with E-state index in [-0.39, 0.29) is 23.7 Å². The van der Waals surface area contributed by atoms with Gasteiger partial charge in [0.2, 0.25) is 5.91 Å². The van der Waals surface area contributed by atoms with Crippen LogP contribution in [0.1, 0.15) is 32.1 Å². The molecule has 1 amide bonds. The monoisotopic (exact) mass is 311 g/mol. The van der Waals surface area contributed by atoms with E-state index in [1.165, 1.54) is 6.42 Å². The first-order valence-electron chi connectivity index (χ1n) is 7.93. The number of hydrogen-bond donors (Lipinski definition) is 1. The Balaban J connectivity index is 1.51. The summed E-state index contributed by atoms with van der Waals surface area (Å²) in [6.07, 6.45) is 5.27. The highest BCUT2D eigenvalue weighted by atomic mass is 16.4. The Labute approximate surface area is 132 Å². The molecule has 0 saturated heterocycles. The standard InChI is InChI=1S/C17H17N3O3/c21-15(11-6-2-1-3-7-11)18-17-20-19-16(23-17)14-10-12-8-4-5-9-13(12)22-14/h4-5,8-11H,1-3,6-7H2,(H,18,20,21). The van der Waals surface area contributed by atoms with Crippen molar-refractivity contribution in [2.45, 2.75) is 32.1 Å². The molecule has 1 aliphatic carbocycles. The van der Waals surface area contributed by atoms with Gasteiger partial charge < -0.3 is 8.83 Å². The lowest BCUT2D eigenvalue weighted by Crippen LogP contribution is -2.24. The zero-order valence-corrected chi connectivity index (χ0v) is 12.6. The molecule has 2 aromatic heterocycles. The summed E-state index contributed by atoms with van der Waals surface area (Å²) in [5.74, 6) is 0.770. The number of rotatable bonds is 3. The molecule has 0 radical (unpaired) electrons. The highest BCUT2D eigenvalue weighted by Crippen LogP contribution is 2.28. The van der Waals surface area contributed by atoms with Crippen LogP contribution in [0, 0.1) is 5.92 Å². The van der Waals surface area contributed by atoms with E-state index in [1.807, 2.05) is 30.3 Å². The van der Waals surface area contributed by atoms with Gasteiger partial charge in [0.1, 0.15) is 5.58 Å². The Morgan fingerprint density at radius 2 is 1.91 bits per heavy atom. The molecule has 1 fully saturated rings. The molecular formula is C17H17N3O3. The number of furan rings is 1. The molecule has 0 atom stereocenters. The van der Waals surface area contributed by atoms with Crippen LogP contribution in [0.15, 0.2) is 39.2 Å². The first-order valence-corrected chi connectivity index (χ1v) is 7.93. The Morgan fingerprint density at radius 3 is 2.74 bits per heavy atom. The Morgan fingerprint density at radius 1 is 1.09 bits per heavy atom. The van der Waals surface area contributed by atoms with Crippen molar-refractivity contribution >= 4 is 22.9 Å². The minimum atomic E-state index is -0.0375. The normalized spacial score (nSPS) is 15.8. The third-order valence-corrected chi connectivity index (χ3v) is 4.27. The number of anilines is 1. The second-order valence-electron chi connectivity index (χ2n) is 5.89. The molecule has 23 heavy (non-hydrogen) atoms. The van der Waals surface area contributed by atoms with Crippen molar-refractivity contribution in [1.82, 2.24) is 10.2 Å². The summed E-state index contributed by atoms with van der Waals surface area (Å²) >= 11 is 0. The molecule has 1 N–H and O–H groups in total. The van der Waals surface area contributed by atoms with Gasteiger partial charge in [-0.15, -0.1) is 5.10 Å². The second-order valence-corrected chi connectivity index (χ2v) is 5.89. The number of benzene rings is 1. The summed E-state index contributed by atoms with van der Waals surface area (Å²) < 4.78 is 11.2. The third-order valence-electron chi connectivity index (χ3n) is 4.27. The average molecular weight is 311 g/mol. The van der Waals surface area contributed by atoms with Crippen molar-refractivity contribution in [3.05, 3.63) is 30.3 Å². The predicted octanol–water partition coefficient (Wildman–Crippen LogP) is 4.00. The quantitative estimate of drug-likeness (QED) is 0.790. The molecule has 1 saturated carbocycles. The molecule has 118 valence electrons. The molecule has 0 unspecified atom stereocenters. The third kappa shape index (κ3) is 2.84. The molecular weight excluding hydrogens is 294 g/mol. The number of nitrogens with one attached hydrogen (secondary N) is 1. The van der Waals surface area contributed by atoms with E-state index in [2.05, 4.69) is 15.5 Å². The maximum absolute atomic E-state index is 12.2. The number of fused-ring (bicyclic) bond motifs is 1. The SMILES string of the molecule is O=C(Nc1nnc(-c2cc3ccccc3o2)o1)C1CCCCC1. The van der Waals surface area contributed by atoms with Crippen LogP contribution in [0.4, 0.5) is 6.01 Å². The fraction of sp³-hybridized carbons (Fsp3) is 0.353. The highest BCUT2D eigenvalue weighted by Gasteiger charge is 2.23. The number of aromatic nitrogens is 2. The van der Waals surface area contributed by atoms with Crippen molar-refractivity contribution in [2.24, 2.45) is 5.92 Å². The van der Waals surface area contributed by atoms with E-state index in [0.717, 1.165) is 36.7 Å². The lowest BCUT2D eigenvalue weighted by atomic mass is 9.89. The van der Waals surface area contributed by atoms with Crippen molar-refractivity contribution < 1.29 is 13.6 Å². The minimum Gasteiger partial charge on any atom is -0.451 e. The molecule has 6 heteroatoms. The largest absolute Gasteiger partial charge is 0.451 e. The molecule has 0 aliphatic heterocycles. The smallest absolute Gasteiger partial charge is 0.322 e. The van der Waals surface area contributed by atoms with Gasteiger partial charge in [0.05, 0.1) is 0 Å². The molecule has 0 bridgehead atoms. The lowest BCUT2D eigenvalue weighted by molar-refractivity contribution is -0.120. The summed E-state index contributed by atoms with van der Waals surface area (Å²) in [6.45, 7) is 0. The van der Waals surface area contributed by atoms with Gasteiger partial charge in [0.15, 0.2) is 5.76 Å². The highest BCUT2D eigenvalue weighted by molar-refractivity contribution is 5.90. The van der Waals surface area contributed by atoms with Crippen LogP contribution in [0.2, 0.25) is 0 Å². The van der Waals surface area contributed by atoms with Gasteiger partial charge in [-0.3, -0.25) is 10.1 Å². The van der Waals surface area contributed by atoms with Crippen LogP contribution < -0.4 is 5.32 Å². The van der Waals surface area contributed by atoms with E-state index < -0.39 is 0 Å². The second kappa shape index (κ2) is 5.87. The van der Waals surface area contributed by atoms with Crippen LogP contribution >= 0.6 is 0 Å². The van der Waals surface area contributed by atoms with Gasteiger partial charge in [0, 0.05) is 11.3 Å². The Kier molecular flexibility index (Phi) is 3.57. The van der Waals surface area contributed by atoms with E-state index >= 15 is 0 Å². The molecule has 4 rings (SSSR count). The van der Waals surface area contributed by atoms with Gasteiger partial charge in [-0.25, -0.2) is 0 Å². The van der Waals surface area contributed by atoms with Crippen LogP contribution in [0.5, 0.6) is 0 Å². The van der Waals surface area contributed by atoms with Crippen molar-refractivity contribution in [1.29, 1.82) is 0 Å². The Bertz CT molecular complexity index is 797. The van der Waals surface area contributed by atoms with Gasteiger partial charge >= 0.3 is 6.01 Å². The molecule has 1 aromatic carbocycles. The maximum atomic E-state index is 12.2. The zero-order chi connectivity index (χ0) is 15.6. The molecule has 0 spiro atoms. The van der Waals surface area contributed by atoms with Gasteiger partial charge in [-0.05, 0) is 25.0 Å². The number of carbonyl (C=O) groups excluding carboxylic acids is 1. The number of nitrogens with zero attached hydrogens (tertiary/aromatic N) is 2. The first kappa shape index (κ1) is 14.0. The van der Waals surface area contributed by atoms with Crippen molar-refractivity contribution in [3.8, 4) is 11.7 Å². The maximum Gasteiger partial charge on any atom is 0.322 e. The van der Waals surface area contributed by atoms with Crippen LogP contribution in [0.25, 0.3) is 22.6 Å². The van der Waals surface area contributed by atoms with E-state index in [0.29, 0.717) is 5.76 Å². The fourth-order valence-corrected chi connectivity index (χ4v) is 3.03. The number of carbonyl (C=O) groups is 1. The van der Waals surface area contributed by atoms with E-state index in [9.17, 15) is 4.79 Å². The summed E-state index contributed by atoms with van der Waals surface area (Å²) in [5.41, 5.74) is 0.758. The molecule has 3 aromatic rings. The predicted molar refractivity (Wildman–Crippen MR) is 84.7 cm³/mol. The number of amides is 1. The lowest BCUT2D eigenvalue weighted by Gasteiger charge is -2.19. The minimum absolute atomic E-state index is 0.0375. The van der Waals surface area contributed by atoms with Gasteiger partial charge in [-0.1, -0.05) is 42.6 Å². The van der Waals surface area contributed by atoms with Crippen LogP contribution in [0.3, 0.4) is 0 Å². The molecule has 6 nitrogen and oxygen atoms in total. The van der Waals surface area contributed by atoms with Crippen LogP contribution in [-0.4, -0.2) is 16.1 Å². The zero-order valence-electron chi connectivity index (χ0n) is 12.6. The number of hydrogen-bond acceptors (Lipinski definition) is 5. The summed E-state index contributed by atoms with van der Waals surface area (Å²) in [6, 6.07) is 9.63. The van der Waals surface area contributed by atoms with E-state index in [4.69, 9.17) is 8.83 Å². The summed E-state index contributed by atoms with van der Waals surface area (Å²) in [5, 5.41) is 11.5. The Hall–Kier alpha value is -2.63. The topological polar surface area (TPSA) is 81.2 Å². The van der Waals surface area contributed by atoms with Gasteiger partial charge in [-0.2, -0.15) is 0 Å². The molecule has 2 heterocycles. The number of para-hydroxylation sites is 1. The van der Waals surface area contributed by atoms with E-state index in [1.54, 1.807) is 0 Å². The molecule has 1 aliphatic rings. The summed E-state index contributed by atoms with van der Waals surface area (Å²) in [4.78, 5) is 12.2. The van der Waals surface area contributed by atoms with Crippen molar-refractivity contribution in [2.75, 3.05) is 5.32 Å². The fourth-order valence-electron chi connectivity index (χ4n) is 3.03. The van der Waals surface area contributed by atoms with Gasteiger partial charge in [0.25, 0.3) is 5.89 Å². The van der Waals surface area contributed by atoms with Crippen LogP contribution in [-0.2, 0) is 4.79 Å². The average Bonchev–Trinajstić information content (AvgIpc) is 3.21. The first-order chi connectivity index (χ1) is 11.3.